The van der Waals surface area contributed by atoms with Crippen molar-refractivity contribution in [3.8, 4) is 11.5 Å². The summed E-state index contributed by atoms with van der Waals surface area (Å²) >= 11 is 2.21. The summed E-state index contributed by atoms with van der Waals surface area (Å²) in [4.78, 5) is 30.3. The Morgan fingerprint density at radius 2 is 1.23 bits per heavy atom. The average Bonchev–Trinajstić information content (AvgIpc) is 3.72. The molecule has 0 bridgehead atoms. The molecule has 0 spiro atoms. The summed E-state index contributed by atoms with van der Waals surface area (Å²) in [5, 5.41) is 15.5. The van der Waals surface area contributed by atoms with Crippen molar-refractivity contribution in [2.45, 2.75) is 14.9 Å². The van der Waals surface area contributed by atoms with Crippen molar-refractivity contribution in [3.63, 3.8) is 0 Å². The van der Waals surface area contributed by atoms with Crippen molar-refractivity contribution in [2.75, 3.05) is 0 Å². The molecule has 0 fully saturated rings. The van der Waals surface area contributed by atoms with Crippen molar-refractivity contribution in [1.82, 2.24) is 54.3 Å². The summed E-state index contributed by atoms with van der Waals surface area (Å²) in [5.41, 5.74) is 3.83. The average molecular weight is 652 g/mol. The standard InChI is InChI=1S/C10H9N5.C8H7N3O.C7H6IN3.2CH4/c1-15-10-7(3-2-4-13-10)8(14-15)9-11-5-6-12-9;1-11-8-6(3-2-4-9-8)7(5-12)10-11;1-11-7-5(6(8)10-11)3-2-4-9-7;;/h2-6H,1H3,(H,11,12);2-5H,1H3;2-4H,1H3;2*1H4. The quantitative estimate of drug-likeness (QED) is 0.204. The van der Waals surface area contributed by atoms with Crippen LogP contribution in [0, 0.1) is 3.70 Å². The van der Waals surface area contributed by atoms with Crippen molar-refractivity contribution in [1.29, 1.82) is 0 Å². The smallest absolute Gasteiger partial charge is 0.171 e. The second-order valence-corrected chi connectivity index (χ2v) is 9.10. The summed E-state index contributed by atoms with van der Waals surface area (Å²) in [6, 6.07) is 11.5. The lowest BCUT2D eigenvalue weighted by molar-refractivity contribution is 0.111. The Balaban J connectivity index is 0.000000164. The molecule has 0 aliphatic carbocycles. The second-order valence-electron chi connectivity index (χ2n) is 8.07. The number of hydrogen-bond acceptors (Lipinski definition) is 8. The van der Waals surface area contributed by atoms with E-state index in [-0.39, 0.29) is 14.9 Å². The van der Waals surface area contributed by atoms with Crippen LogP contribution in [0.1, 0.15) is 25.3 Å². The number of pyridine rings is 3. The van der Waals surface area contributed by atoms with Gasteiger partial charge in [0.05, 0.1) is 10.8 Å². The molecule has 0 amide bonds. The lowest BCUT2D eigenvalue weighted by Crippen LogP contribution is -1.91. The molecule has 0 aromatic carbocycles. The lowest BCUT2D eigenvalue weighted by Gasteiger charge is -1.90. The molecule has 12 nitrogen and oxygen atoms in total. The van der Waals surface area contributed by atoms with E-state index in [2.05, 4.69) is 62.8 Å². The highest BCUT2D eigenvalue weighted by molar-refractivity contribution is 14.1. The minimum absolute atomic E-state index is 0. The number of halogens is 1. The number of H-pyrrole nitrogens is 1. The fourth-order valence-electron chi connectivity index (χ4n) is 3.91. The predicted molar refractivity (Wildman–Crippen MR) is 165 cm³/mol. The van der Waals surface area contributed by atoms with E-state index in [0.717, 1.165) is 54.6 Å². The summed E-state index contributed by atoms with van der Waals surface area (Å²) in [6.07, 6.45) is 9.46. The maximum absolute atomic E-state index is 10.5. The molecule has 0 saturated carbocycles. The molecule has 40 heavy (non-hydrogen) atoms. The second kappa shape index (κ2) is 13.0. The van der Waals surface area contributed by atoms with E-state index in [1.165, 1.54) is 0 Å². The lowest BCUT2D eigenvalue weighted by atomic mass is 10.2. The van der Waals surface area contributed by atoms with Crippen LogP contribution in [-0.2, 0) is 21.1 Å². The third kappa shape index (κ3) is 5.88. The van der Waals surface area contributed by atoms with Gasteiger partial charge in [0, 0.05) is 57.5 Å². The van der Waals surface area contributed by atoms with Gasteiger partial charge in [-0.15, -0.1) is 0 Å². The number of hydrogen-bond donors (Lipinski definition) is 1. The Morgan fingerprint density at radius 3 is 1.80 bits per heavy atom. The highest BCUT2D eigenvalue weighted by Gasteiger charge is 2.12. The number of nitrogens with zero attached hydrogens (tertiary/aromatic N) is 10. The van der Waals surface area contributed by atoms with Gasteiger partial charge in [0.1, 0.15) is 15.1 Å². The Hall–Kier alpha value is -4.53. The van der Waals surface area contributed by atoms with Crippen LogP contribution in [0.25, 0.3) is 44.6 Å². The Morgan fingerprint density at radius 1 is 0.700 bits per heavy atom. The van der Waals surface area contributed by atoms with Crippen molar-refractivity contribution in [2.24, 2.45) is 21.1 Å². The zero-order valence-electron chi connectivity index (χ0n) is 20.7. The topological polar surface area (TPSA) is 138 Å². The first kappa shape index (κ1) is 30.0. The largest absolute Gasteiger partial charge is 0.343 e. The first-order valence-corrected chi connectivity index (χ1v) is 12.5. The third-order valence-electron chi connectivity index (χ3n) is 5.61. The molecule has 7 heterocycles. The summed E-state index contributed by atoms with van der Waals surface area (Å²) in [5.74, 6) is 0.772. The van der Waals surface area contributed by atoms with E-state index in [0.29, 0.717) is 5.69 Å². The van der Waals surface area contributed by atoms with Gasteiger partial charge in [-0.25, -0.2) is 34.0 Å². The van der Waals surface area contributed by atoms with Crippen molar-refractivity contribution >= 4 is 62.0 Å². The molecule has 13 heteroatoms. The zero-order valence-corrected chi connectivity index (χ0v) is 22.8. The molecule has 206 valence electrons. The molecule has 0 aliphatic heterocycles. The highest BCUT2D eigenvalue weighted by Crippen LogP contribution is 2.22. The van der Waals surface area contributed by atoms with Gasteiger partial charge in [0.15, 0.2) is 29.1 Å². The van der Waals surface area contributed by atoms with Crippen LogP contribution in [0.3, 0.4) is 0 Å². The number of aromatic amines is 1. The highest BCUT2D eigenvalue weighted by atomic mass is 127. The number of carbonyl (C=O) groups is 1. The van der Waals surface area contributed by atoms with Gasteiger partial charge in [-0.1, -0.05) is 14.9 Å². The third-order valence-corrected chi connectivity index (χ3v) is 6.41. The molecule has 0 saturated heterocycles. The van der Waals surface area contributed by atoms with E-state index in [9.17, 15) is 4.79 Å². The van der Waals surface area contributed by atoms with E-state index >= 15 is 0 Å². The van der Waals surface area contributed by atoms with Crippen LogP contribution in [0.2, 0.25) is 0 Å². The first-order chi connectivity index (χ1) is 18.5. The normalized spacial score (nSPS) is 10.2. The number of aromatic nitrogens is 11. The van der Waals surface area contributed by atoms with Crippen molar-refractivity contribution in [3.05, 3.63) is 76.8 Å². The monoisotopic (exact) mass is 651 g/mol. The number of aryl methyl sites for hydroxylation is 3. The molecule has 7 aromatic rings. The molecule has 1 N–H and O–H groups in total. The van der Waals surface area contributed by atoms with Crippen LogP contribution in [0.15, 0.2) is 67.4 Å². The minimum Gasteiger partial charge on any atom is -0.343 e. The van der Waals surface area contributed by atoms with Crippen LogP contribution in [0.5, 0.6) is 0 Å². The maximum atomic E-state index is 10.5. The number of aldehydes is 1. The molecule has 0 radical (unpaired) electrons. The fraction of sp³-hybridized carbons (Fsp3) is 0.185. The molecule has 0 atom stereocenters. The summed E-state index contributed by atoms with van der Waals surface area (Å²) < 4.78 is 6.15. The number of nitrogens with one attached hydrogen (secondary N) is 1. The van der Waals surface area contributed by atoms with Gasteiger partial charge < -0.3 is 4.98 Å². The predicted octanol–water partition coefficient (Wildman–Crippen LogP) is 4.98. The first-order valence-electron chi connectivity index (χ1n) is 11.4. The van der Waals surface area contributed by atoms with Gasteiger partial charge in [0.25, 0.3) is 0 Å². The molecule has 0 aliphatic rings. The Kier molecular flexibility index (Phi) is 9.77. The number of imidazole rings is 1. The number of fused-ring (bicyclic) bond motifs is 3. The summed E-state index contributed by atoms with van der Waals surface area (Å²) in [6.45, 7) is 0. The van der Waals surface area contributed by atoms with E-state index < -0.39 is 0 Å². The van der Waals surface area contributed by atoms with E-state index in [4.69, 9.17) is 0 Å². The molecular formula is C27H30IN11O. The molecular weight excluding hydrogens is 621 g/mol. The SMILES string of the molecule is C.C.Cn1nc(-c2ncc[nH]2)c2cccnc21.Cn1nc(C=O)c2cccnc21.Cn1nc(I)c2cccnc21. The zero-order chi connectivity index (χ0) is 26.6. The number of rotatable bonds is 2. The van der Waals surface area contributed by atoms with Gasteiger partial charge >= 0.3 is 0 Å². The van der Waals surface area contributed by atoms with Gasteiger partial charge in [-0.2, -0.15) is 15.3 Å². The van der Waals surface area contributed by atoms with Gasteiger partial charge in [-0.05, 0) is 59.0 Å². The van der Waals surface area contributed by atoms with Crippen LogP contribution >= 0.6 is 22.6 Å². The van der Waals surface area contributed by atoms with Crippen molar-refractivity contribution < 1.29 is 4.79 Å². The molecule has 7 rings (SSSR count). The van der Waals surface area contributed by atoms with Crippen LogP contribution in [-0.4, -0.2) is 60.5 Å². The van der Waals surface area contributed by atoms with Gasteiger partial charge in [0.2, 0.25) is 0 Å². The number of carbonyl (C=O) groups excluding carboxylic acids is 1. The summed E-state index contributed by atoms with van der Waals surface area (Å²) in [7, 11) is 5.54. The van der Waals surface area contributed by atoms with Gasteiger partial charge in [-0.3, -0.25) is 4.79 Å². The Bertz CT molecular complexity index is 1820. The van der Waals surface area contributed by atoms with Crippen LogP contribution < -0.4 is 0 Å². The van der Waals surface area contributed by atoms with Crippen LogP contribution in [0.4, 0.5) is 0 Å². The maximum Gasteiger partial charge on any atom is 0.171 e. The molecule has 0 unspecified atom stereocenters. The minimum atomic E-state index is 0. The van der Waals surface area contributed by atoms with E-state index in [1.807, 2.05) is 44.4 Å². The molecule has 7 aromatic heterocycles. The fourth-order valence-corrected chi connectivity index (χ4v) is 4.66. The van der Waals surface area contributed by atoms with E-state index in [1.54, 1.807) is 58.1 Å². The Labute approximate surface area is 244 Å².